The lowest BCUT2D eigenvalue weighted by Crippen LogP contribution is -2.47. The summed E-state index contributed by atoms with van der Waals surface area (Å²) in [7, 11) is -3.32. The van der Waals surface area contributed by atoms with Gasteiger partial charge in [0.2, 0.25) is 10.0 Å². The van der Waals surface area contributed by atoms with Gasteiger partial charge in [0.1, 0.15) is 5.82 Å². The Bertz CT molecular complexity index is 1150. The minimum absolute atomic E-state index is 0.473. The van der Waals surface area contributed by atoms with E-state index in [1.54, 1.807) is 16.4 Å². The maximum atomic E-state index is 12.7. The zero-order chi connectivity index (χ0) is 20.6. The van der Waals surface area contributed by atoms with Crippen molar-refractivity contribution in [2.75, 3.05) is 44.2 Å². The number of rotatable bonds is 5. The van der Waals surface area contributed by atoms with Crippen LogP contribution in [0.4, 0.5) is 5.82 Å². The van der Waals surface area contributed by atoms with Crippen LogP contribution in [-0.2, 0) is 16.6 Å². The van der Waals surface area contributed by atoms with Crippen LogP contribution in [0.5, 0.6) is 0 Å². The third-order valence-corrected chi connectivity index (χ3v) is 8.09. The third kappa shape index (κ3) is 3.57. The van der Waals surface area contributed by atoms with E-state index in [9.17, 15) is 8.42 Å². The molecule has 2 aromatic carbocycles. The van der Waals surface area contributed by atoms with Crippen molar-refractivity contribution >= 4 is 26.6 Å². The van der Waals surface area contributed by atoms with Gasteiger partial charge in [0.25, 0.3) is 0 Å². The van der Waals surface area contributed by atoms with Gasteiger partial charge in [-0.2, -0.15) is 4.31 Å². The van der Waals surface area contributed by atoms with Gasteiger partial charge in [-0.15, -0.1) is 0 Å². The van der Waals surface area contributed by atoms with Crippen LogP contribution in [0, 0.1) is 0 Å². The van der Waals surface area contributed by atoms with Crippen LogP contribution in [0.1, 0.15) is 12.0 Å². The van der Waals surface area contributed by atoms with Crippen molar-refractivity contribution in [3.63, 3.8) is 0 Å². The van der Waals surface area contributed by atoms with Gasteiger partial charge in [0, 0.05) is 50.9 Å². The highest BCUT2D eigenvalue weighted by Crippen LogP contribution is 2.30. The molecule has 0 radical (unpaired) electrons. The summed E-state index contributed by atoms with van der Waals surface area (Å²) < 4.78 is 27.0. The Morgan fingerprint density at radius 1 is 0.867 bits per heavy atom. The lowest BCUT2D eigenvalue weighted by molar-refractivity contribution is 0.245. The number of sulfonamides is 1. The second kappa shape index (κ2) is 7.98. The molecule has 5 rings (SSSR count). The second-order valence-corrected chi connectivity index (χ2v) is 9.89. The maximum absolute atomic E-state index is 12.7. The fraction of sp³-hybridized carbons (Fsp3) is 0.348. The van der Waals surface area contributed by atoms with Crippen LogP contribution in [0.3, 0.4) is 0 Å². The van der Waals surface area contributed by atoms with Crippen molar-refractivity contribution in [1.29, 1.82) is 0 Å². The van der Waals surface area contributed by atoms with E-state index in [2.05, 4.69) is 45.1 Å². The molecule has 156 valence electrons. The molecule has 7 heteroatoms. The van der Waals surface area contributed by atoms with Crippen molar-refractivity contribution in [1.82, 2.24) is 14.2 Å². The molecule has 0 amide bonds. The van der Waals surface area contributed by atoms with E-state index >= 15 is 0 Å². The highest BCUT2D eigenvalue weighted by molar-refractivity contribution is 7.89. The lowest BCUT2D eigenvalue weighted by atomic mass is 10.1. The smallest absolute Gasteiger partial charge is 0.243 e. The fourth-order valence-corrected chi connectivity index (χ4v) is 6.18. The highest BCUT2D eigenvalue weighted by Gasteiger charge is 2.33. The number of nitrogens with zero attached hydrogens (tertiary/aromatic N) is 4. The van der Waals surface area contributed by atoms with Crippen LogP contribution in [0.25, 0.3) is 10.8 Å². The highest BCUT2D eigenvalue weighted by atomic mass is 32.2. The molecule has 0 unspecified atom stereocenters. The third-order valence-electron chi connectivity index (χ3n) is 6.14. The van der Waals surface area contributed by atoms with Crippen LogP contribution in [0.2, 0.25) is 0 Å². The first kappa shape index (κ1) is 19.5. The normalized spacial score (nSPS) is 19.3. The van der Waals surface area contributed by atoms with Gasteiger partial charge in [-0.1, -0.05) is 42.5 Å². The molecule has 2 aliphatic heterocycles. The predicted molar refractivity (Wildman–Crippen MR) is 119 cm³/mol. The molecule has 0 spiro atoms. The summed E-state index contributed by atoms with van der Waals surface area (Å²) in [5.74, 6) is 1.06. The number of hydrogen-bond donors (Lipinski definition) is 0. The Balaban J connectivity index is 1.15. The van der Waals surface area contributed by atoms with Gasteiger partial charge < -0.3 is 4.90 Å². The first-order valence-electron chi connectivity index (χ1n) is 10.5. The van der Waals surface area contributed by atoms with Gasteiger partial charge >= 0.3 is 0 Å². The Hall–Kier alpha value is -2.48. The maximum Gasteiger partial charge on any atom is 0.243 e. The zero-order valence-electron chi connectivity index (χ0n) is 16.9. The summed E-state index contributed by atoms with van der Waals surface area (Å²) in [6.45, 7) is 5.80. The molecule has 3 heterocycles. The quantitative estimate of drug-likeness (QED) is 0.633. The monoisotopic (exact) mass is 422 g/mol. The van der Waals surface area contributed by atoms with Crippen molar-refractivity contribution in [2.24, 2.45) is 0 Å². The predicted octanol–water partition coefficient (Wildman–Crippen LogP) is 2.95. The number of hydrogen-bond acceptors (Lipinski definition) is 5. The minimum atomic E-state index is -3.32. The summed E-state index contributed by atoms with van der Waals surface area (Å²) in [6.07, 6.45) is 2.73. The molecule has 6 nitrogen and oxygen atoms in total. The molecular formula is C23H26N4O2S. The lowest BCUT2D eigenvalue weighted by Gasteiger charge is -2.36. The average Bonchev–Trinajstić information content (AvgIpc) is 3.04. The molecule has 30 heavy (non-hydrogen) atoms. The van der Waals surface area contributed by atoms with E-state index in [1.165, 1.54) is 10.8 Å². The van der Waals surface area contributed by atoms with E-state index in [-0.39, 0.29) is 0 Å². The number of fused-ring (bicyclic) bond motifs is 2. The van der Waals surface area contributed by atoms with Crippen LogP contribution in [-0.4, -0.2) is 61.9 Å². The summed E-state index contributed by atoms with van der Waals surface area (Å²) in [4.78, 5) is 9.90. The van der Waals surface area contributed by atoms with Crippen molar-refractivity contribution < 1.29 is 8.42 Å². The molecular weight excluding hydrogens is 396 g/mol. The average molecular weight is 423 g/mol. The zero-order valence-corrected chi connectivity index (χ0v) is 17.8. The van der Waals surface area contributed by atoms with Gasteiger partial charge in [0.15, 0.2) is 0 Å². The molecule has 0 aliphatic carbocycles. The Morgan fingerprint density at radius 2 is 1.63 bits per heavy atom. The van der Waals surface area contributed by atoms with Crippen LogP contribution in [0.15, 0.2) is 65.7 Å². The summed E-state index contributed by atoms with van der Waals surface area (Å²) in [5, 5.41) is 2.42. The van der Waals surface area contributed by atoms with Crippen LogP contribution < -0.4 is 4.90 Å². The fourth-order valence-electron chi connectivity index (χ4n) is 4.51. The number of piperazine rings is 1. The molecule has 0 atom stereocenters. The Labute approximate surface area is 177 Å². The Kier molecular flexibility index (Phi) is 5.18. The minimum Gasteiger partial charge on any atom is -0.354 e. The SMILES string of the molecule is O=S1(=O)c2ccccc2CN1CCCN1CCN(c2nccc3ccccc23)CC1. The summed E-state index contributed by atoms with van der Waals surface area (Å²) in [6, 6.07) is 17.8. The number of pyridine rings is 1. The topological polar surface area (TPSA) is 56.8 Å². The first-order chi connectivity index (χ1) is 14.6. The molecule has 1 aromatic heterocycles. The molecule has 0 N–H and O–H groups in total. The molecule has 1 saturated heterocycles. The number of aromatic nitrogens is 1. The van der Waals surface area contributed by atoms with Gasteiger partial charge in [-0.25, -0.2) is 13.4 Å². The second-order valence-electron chi connectivity index (χ2n) is 7.98. The van der Waals surface area contributed by atoms with Gasteiger partial charge in [0.05, 0.1) is 4.90 Å². The van der Waals surface area contributed by atoms with Crippen molar-refractivity contribution in [3.8, 4) is 0 Å². The number of anilines is 1. The summed E-state index contributed by atoms with van der Waals surface area (Å²) in [5.41, 5.74) is 0.911. The van der Waals surface area contributed by atoms with Crippen molar-refractivity contribution in [3.05, 3.63) is 66.4 Å². The van der Waals surface area contributed by atoms with E-state index in [1.807, 2.05) is 18.3 Å². The largest absolute Gasteiger partial charge is 0.354 e. The Morgan fingerprint density at radius 3 is 2.47 bits per heavy atom. The number of benzene rings is 2. The molecule has 1 fully saturated rings. The van der Waals surface area contributed by atoms with Crippen LogP contribution >= 0.6 is 0 Å². The molecule has 0 bridgehead atoms. The van der Waals surface area contributed by atoms with E-state index in [0.717, 1.165) is 50.5 Å². The van der Waals surface area contributed by atoms with E-state index in [0.29, 0.717) is 18.0 Å². The molecule has 3 aromatic rings. The van der Waals surface area contributed by atoms with Gasteiger partial charge in [-0.3, -0.25) is 4.90 Å². The summed E-state index contributed by atoms with van der Waals surface area (Å²) >= 11 is 0. The molecule has 2 aliphatic rings. The van der Waals surface area contributed by atoms with Crippen molar-refractivity contribution in [2.45, 2.75) is 17.9 Å². The van der Waals surface area contributed by atoms with E-state index in [4.69, 9.17) is 0 Å². The standard InChI is InChI=1S/C23H26N4O2S/c28-30(29)22-9-4-2-7-20(22)18-27(30)13-5-12-25-14-16-26(17-15-25)23-21-8-3-1-6-19(21)10-11-24-23/h1-4,6-11H,5,12-18H2. The molecule has 0 saturated carbocycles. The van der Waals surface area contributed by atoms with E-state index < -0.39 is 10.0 Å². The first-order valence-corrected chi connectivity index (χ1v) is 12.0. The van der Waals surface area contributed by atoms with Gasteiger partial charge in [-0.05, 0) is 36.0 Å².